The minimum Gasteiger partial charge on any atom is -0.364 e. The van der Waals surface area contributed by atoms with Gasteiger partial charge in [0.25, 0.3) is 5.91 Å². The smallest absolute Gasteiger partial charge is 0.364 e. The number of pyridine rings is 1. The molecule has 0 saturated carbocycles. The average Bonchev–Trinajstić information content (AvgIpc) is 3.63. The number of nitrogens with two attached hydrogens (primary N) is 1. The van der Waals surface area contributed by atoms with E-state index in [-0.39, 0.29) is 29.1 Å². The zero-order valence-electron chi connectivity index (χ0n) is 22.1. The second-order valence-corrected chi connectivity index (χ2v) is 10.5. The molecule has 0 radical (unpaired) electrons. The number of primary amides is 1. The molecule has 1 unspecified atom stereocenters. The summed E-state index contributed by atoms with van der Waals surface area (Å²) in [4.78, 5) is 22.5. The predicted molar refractivity (Wildman–Crippen MR) is 150 cm³/mol. The van der Waals surface area contributed by atoms with Gasteiger partial charge in [-0.1, -0.05) is 42.5 Å². The lowest BCUT2D eigenvalue weighted by molar-refractivity contribution is -0.137. The topological polar surface area (TPSA) is 78.7 Å². The van der Waals surface area contributed by atoms with Crippen LogP contribution in [0, 0.1) is 5.82 Å². The Morgan fingerprint density at radius 1 is 1.00 bits per heavy atom. The van der Waals surface area contributed by atoms with E-state index in [0.29, 0.717) is 27.8 Å². The zero-order valence-corrected chi connectivity index (χ0v) is 22.1. The molecule has 10 heteroatoms. The molecule has 0 saturated heterocycles. The minimum atomic E-state index is -4.61. The Hall–Kier alpha value is -4.99. The number of amides is 1. The van der Waals surface area contributed by atoms with Crippen LogP contribution in [0.3, 0.4) is 0 Å². The van der Waals surface area contributed by atoms with Crippen molar-refractivity contribution in [2.45, 2.75) is 31.6 Å². The molecule has 3 aromatic heterocycles. The van der Waals surface area contributed by atoms with E-state index in [2.05, 4.69) is 21.7 Å². The molecule has 0 bridgehead atoms. The first-order valence-corrected chi connectivity index (χ1v) is 13.4. The molecule has 210 valence electrons. The summed E-state index contributed by atoms with van der Waals surface area (Å²) in [7, 11) is 0. The molecule has 1 atom stereocenters. The van der Waals surface area contributed by atoms with E-state index in [4.69, 9.17) is 10.7 Å². The highest BCUT2D eigenvalue weighted by molar-refractivity contribution is 6.10. The van der Waals surface area contributed by atoms with Crippen LogP contribution < -0.4 is 5.73 Å². The van der Waals surface area contributed by atoms with Crippen molar-refractivity contribution in [3.8, 4) is 11.1 Å². The van der Waals surface area contributed by atoms with Gasteiger partial charge < -0.3 is 14.9 Å². The second-order valence-electron chi connectivity index (χ2n) is 10.5. The van der Waals surface area contributed by atoms with Crippen LogP contribution in [0.1, 0.15) is 45.3 Å². The number of rotatable bonds is 5. The summed E-state index contributed by atoms with van der Waals surface area (Å²) < 4.78 is 59.1. The van der Waals surface area contributed by atoms with Crippen molar-refractivity contribution in [2.75, 3.05) is 0 Å². The number of halogens is 4. The van der Waals surface area contributed by atoms with E-state index in [0.717, 1.165) is 36.5 Å². The van der Waals surface area contributed by atoms with Crippen LogP contribution >= 0.6 is 0 Å². The van der Waals surface area contributed by atoms with Crippen molar-refractivity contribution in [1.29, 1.82) is 0 Å². The van der Waals surface area contributed by atoms with Crippen molar-refractivity contribution >= 4 is 28.0 Å². The highest BCUT2D eigenvalue weighted by Gasteiger charge is 2.33. The number of alkyl halides is 3. The molecule has 0 aliphatic carbocycles. The Kier molecular flexibility index (Phi) is 5.89. The number of imidazole rings is 1. The lowest BCUT2D eigenvalue weighted by atomic mass is 9.97. The van der Waals surface area contributed by atoms with Crippen molar-refractivity contribution in [3.05, 3.63) is 119 Å². The fourth-order valence-electron chi connectivity index (χ4n) is 6.10. The van der Waals surface area contributed by atoms with E-state index < -0.39 is 23.5 Å². The zero-order chi connectivity index (χ0) is 29.2. The van der Waals surface area contributed by atoms with Gasteiger partial charge in [0.15, 0.2) is 5.65 Å². The van der Waals surface area contributed by atoms with E-state index in [1.54, 1.807) is 18.3 Å². The van der Waals surface area contributed by atoms with Crippen molar-refractivity contribution in [3.63, 3.8) is 0 Å². The Labute approximate surface area is 237 Å². The van der Waals surface area contributed by atoms with Crippen LogP contribution in [-0.2, 0) is 19.3 Å². The third-order valence-corrected chi connectivity index (χ3v) is 7.91. The van der Waals surface area contributed by atoms with Crippen LogP contribution in [0.15, 0.2) is 85.1 Å². The number of fused-ring (bicyclic) bond motifs is 4. The van der Waals surface area contributed by atoms with Gasteiger partial charge >= 0.3 is 6.18 Å². The summed E-state index contributed by atoms with van der Waals surface area (Å²) in [5.41, 5.74) is 8.90. The van der Waals surface area contributed by atoms with Gasteiger partial charge in [-0.05, 0) is 53.9 Å². The van der Waals surface area contributed by atoms with Gasteiger partial charge in [0, 0.05) is 47.2 Å². The quantitative estimate of drug-likeness (QED) is 0.230. The molecule has 4 heterocycles. The molecule has 1 aliphatic heterocycles. The molecular weight excluding hydrogens is 546 g/mol. The van der Waals surface area contributed by atoms with Crippen molar-refractivity contribution in [1.82, 2.24) is 19.1 Å². The van der Waals surface area contributed by atoms with Gasteiger partial charge in [0.1, 0.15) is 22.9 Å². The molecule has 6 nitrogen and oxygen atoms in total. The number of benzene rings is 3. The molecule has 2 N–H and O–H groups in total. The molecular formula is C32H23F4N5O. The number of hydrogen-bond donors (Lipinski definition) is 1. The van der Waals surface area contributed by atoms with E-state index in [9.17, 15) is 22.4 Å². The lowest BCUT2D eigenvalue weighted by Gasteiger charge is -2.11. The van der Waals surface area contributed by atoms with Gasteiger partial charge in [-0.15, -0.1) is 0 Å². The maximum atomic E-state index is 14.0. The molecule has 1 aliphatic rings. The summed E-state index contributed by atoms with van der Waals surface area (Å²) in [6, 6.07) is 20.9. The summed E-state index contributed by atoms with van der Waals surface area (Å²) in [6.07, 6.45) is -2.19. The van der Waals surface area contributed by atoms with E-state index in [1.165, 1.54) is 28.8 Å². The largest absolute Gasteiger partial charge is 0.416 e. The number of nitrogens with zero attached hydrogens (tertiary/aromatic N) is 4. The van der Waals surface area contributed by atoms with Gasteiger partial charge in [-0.2, -0.15) is 13.2 Å². The first-order valence-electron chi connectivity index (χ1n) is 13.4. The first-order chi connectivity index (χ1) is 20.2. The fourth-order valence-corrected chi connectivity index (χ4v) is 6.10. The average molecular weight is 570 g/mol. The SMILES string of the molecule is NC(=O)c1c(-c2cnc3c(c2)nc2n3CCC2c2ccccc2)c2cc(C(F)(F)F)ccc2n1Cc1cccc(F)c1. The van der Waals surface area contributed by atoms with E-state index in [1.807, 2.05) is 18.2 Å². The fraction of sp³-hybridized carbons (Fsp3) is 0.156. The summed E-state index contributed by atoms with van der Waals surface area (Å²) in [5, 5.41) is 0.185. The predicted octanol–water partition coefficient (Wildman–Crippen LogP) is 6.89. The van der Waals surface area contributed by atoms with Gasteiger partial charge in [0.05, 0.1) is 5.56 Å². The van der Waals surface area contributed by atoms with Crippen molar-refractivity contribution in [2.24, 2.45) is 5.73 Å². The molecule has 0 fully saturated rings. The second kappa shape index (κ2) is 9.54. The van der Waals surface area contributed by atoms with Crippen LogP contribution in [0.25, 0.3) is 33.2 Å². The Bertz CT molecular complexity index is 2010. The number of hydrogen-bond acceptors (Lipinski definition) is 3. The summed E-state index contributed by atoms with van der Waals surface area (Å²) >= 11 is 0. The normalized spacial score (nSPS) is 15.0. The molecule has 3 aromatic carbocycles. The van der Waals surface area contributed by atoms with Gasteiger partial charge in [-0.3, -0.25) is 4.79 Å². The molecule has 6 aromatic rings. The highest BCUT2D eigenvalue weighted by atomic mass is 19.4. The maximum Gasteiger partial charge on any atom is 0.416 e. The summed E-state index contributed by atoms with van der Waals surface area (Å²) in [6.45, 7) is 0.747. The van der Waals surface area contributed by atoms with Gasteiger partial charge in [0.2, 0.25) is 0 Å². The third-order valence-electron chi connectivity index (χ3n) is 7.91. The number of aryl methyl sites for hydroxylation is 1. The molecule has 42 heavy (non-hydrogen) atoms. The van der Waals surface area contributed by atoms with Gasteiger partial charge in [-0.25, -0.2) is 14.4 Å². The number of carbonyl (C=O) groups is 1. The van der Waals surface area contributed by atoms with Crippen LogP contribution in [-0.4, -0.2) is 25.0 Å². The molecule has 7 rings (SSSR count). The maximum absolute atomic E-state index is 14.0. The third kappa shape index (κ3) is 4.22. The first kappa shape index (κ1) is 25.9. The standard InChI is InChI=1S/C32H23F4N5O/c33-22-8-4-5-18(13-22)17-41-26-10-9-21(32(34,35)36)15-24(26)27(28(41)29(37)42)20-14-25-31(38-16-20)40-12-11-23(30(40)39-25)19-6-2-1-3-7-19/h1-10,13-16,23H,11-12,17H2,(H2,37,42). The Balaban J connectivity index is 1.44. The monoisotopic (exact) mass is 569 g/mol. The summed E-state index contributed by atoms with van der Waals surface area (Å²) in [5.74, 6) is -0.348. The van der Waals surface area contributed by atoms with E-state index >= 15 is 0 Å². The minimum absolute atomic E-state index is 0.00338. The molecule has 0 spiro atoms. The Morgan fingerprint density at radius 2 is 1.81 bits per heavy atom. The van der Waals surface area contributed by atoms with Crippen LogP contribution in [0.2, 0.25) is 0 Å². The molecule has 1 amide bonds. The van der Waals surface area contributed by atoms with Crippen LogP contribution in [0.5, 0.6) is 0 Å². The highest BCUT2D eigenvalue weighted by Crippen LogP contribution is 2.41. The Morgan fingerprint density at radius 3 is 2.55 bits per heavy atom. The van der Waals surface area contributed by atoms with Crippen molar-refractivity contribution < 1.29 is 22.4 Å². The lowest BCUT2D eigenvalue weighted by Crippen LogP contribution is -2.18. The number of carbonyl (C=O) groups excluding carboxylic acids is 1. The van der Waals surface area contributed by atoms with Crippen LogP contribution in [0.4, 0.5) is 17.6 Å². The number of aromatic nitrogens is 4.